The number of nitrogens with zero attached hydrogens (tertiary/aromatic N) is 1. The van der Waals surface area contributed by atoms with Crippen molar-refractivity contribution >= 4 is 35.0 Å². The van der Waals surface area contributed by atoms with Crippen LogP contribution in [0.4, 0.5) is 0 Å². The molecule has 3 aliphatic rings. The Balaban J connectivity index is 1.57. The van der Waals surface area contributed by atoms with Crippen molar-refractivity contribution in [1.82, 2.24) is 10.2 Å². The van der Waals surface area contributed by atoms with Gasteiger partial charge in [0.1, 0.15) is 17.5 Å². The number of fused-ring (bicyclic) bond motifs is 3. The standard InChI is InChI=1S/C36H43N3O10/c1-16(2)11-23(35(46)49-6)38-15-17-7-10-25(48-5)20(12-17)19-8-9-24(40)27-21(19)13-18-14-22-29(39(3)4)31(42)28(34(37)45)33(44)36(22,47)32(43)26(18)30(27)41/h7-10,12,16,18,22-23,26,28-29,38,40,47H,11,13-15H2,1-6H3,(H2,37,45)/t18-,22-,23?,26?,28?,29?,36-/m0/s1. The van der Waals surface area contributed by atoms with Crippen LogP contribution in [0.2, 0.25) is 0 Å². The van der Waals surface area contributed by atoms with Crippen LogP contribution in [-0.2, 0) is 41.7 Å². The Kier molecular flexibility index (Phi) is 9.84. The number of amides is 1. The van der Waals surface area contributed by atoms with Gasteiger partial charge < -0.3 is 30.7 Å². The zero-order valence-electron chi connectivity index (χ0n) is 28.4. The summed E-state index contributed by atoms with van der Waals surface area (Å²) in [4.78, 5) is 81.4. The van der Waals surface area contributed by atoms with Gasteiger partial charge in [-0.1, -0.05) is 26.0 Å². The molecule has 4 unspecified atom stereocenters. The molecule has 1 amide bonds. The van der Waals surface area contributed by atoms with Crippen LogP contribution in [0.15, 0.2) is 30.3 Å². The van der Waals surface area contributed by atoms with Gasteiger partial charge in [-0.2, -0.15) is 0 Å². The number of phenolic OH excluding ortho intramolecular Hbond substituents is 1. The quantitative estimate of drug-likeness (QED) is 0.207. The van der Waals surface area contributed by atoms with Crippen LogP contribution in [-0.4, -0.2) is 96.1 Å². The number of phenols is 1. The maximum Gasteiger partial charge on any atom is 0.322 e. The summed E-state index contributed by atoms with van der Waals surface area (Å²) in [6, 6.07) is 6.72. The lowest BCUT2D eigenvalue weighted by molar-refractivity contribution is -0.181. The summed E-state index contributed by atoms with van der Waals surface area (Å²) in [6.07, 6.45) is 0.598. The number of primary amides is 1. The number of nitrogens with two attached hydrogens (primary N) is 1. The molecule has 0 spiro atoms. The minimum absolute atomic E-state index is 0.0646. The number of ketones is 4. The summed E-state index contributed by atoms with van der Waals surface area (Å²) in [7, 11) is 5.91. The van der Waals surface area contributed by atoms with E-state index in [2.05, 4.69) is 5.32 Å². The molecule has 5 N–H and O–H groups in total. The maximum absolute atomic E-state index is 14.2. The Labute approximate surface area is 284 Å². The number of benzene rings is 2. The summed E-state index contributed by atoms with van der Waals surface area (Å²) in [5.74, 6) is -10.8. The molecule has 0 bridgehead atoms. The van der Waals surface area contributed by atoms with Gasteiger partial charge in [0.2, 0.25) is 5.91 Å². The number of rotatable bonds is 10. The Bertz CT molecular complexity index is 1740. The number of carbonyl (C=O) groups excluding carboxylic acids is 6. The fraction of sp³-hybridized carbons (Fsp3) is 0.500. The molecule has 262 valence electrons. The molecule has 2 fully saturated rings. The van der Waals surface area contributed by atoms with Gasteiger partial charge in [0, 0.05) is 18.0 Å². The zero-order chi connectivity index (χ0) is 36.1. The van der Waals surface area contributed by atoms with E-state index in [0.29, 0.717) is 35.4 Å². The maximum atomic E-state index is 14.2. The summed E-state index contributed by atoms with van der Waals surface area (Å²) in [6.45, 7) is 4.32. The SMILES string of the molecule is COC(=O)C(CC(C)C)NCc1ccc(OC)c(-c2ccc(O)c3c2C[C@H]2C[C@H]4C(N(C)C)C(=O)C(C(N)=O)C(=O)[C@@]4(O)C(=O)C2C3=O)c1. The molecular formula is C36H43N3O10. The van der Waals surface area contributed by atoms with Crippen LogP contribution >= 0.6 is 0 Å². The number of aromatic hydroxyl groups is 1. The molecule has 2 saturated carbocycles. The predicted octanol–water partition coefficient (Wildman–Crippen LogP) is 1.22. The molecule has 49 heavy (non-hydrogen) atoms. The largest absolute Gasteiger partial charge is 0.507 e. The number of esters is 1. The molecule has 2 aromatic carbocycles. The van der Waals surface area contributed by atoms with Gasteiger partial charge in [-0.15, -0.1) is 0 Å². The van der Waals surface area contributed by atoms with Crippen molar-refractivity contribution < 1.29 is 48.5 Å². The van der Waals surface area contributed by atoms with Gasteiger partial charge in [0.05, 0.1) is 31.7 Å². The van der Waals surface area contributed by atoms with Gasteiger partial charge in [-0.25, -0.2) is 0 Å². The smallest absolute Gasteiger partial charge is 0.322 e. The molecule has 0 heterocycles. The molecule has 5 rings (SSSR count). The number of likely N-dealkylation sites (N-methyl/N-ethyl adjacent to an activating group) is 1. The first-order chi connectivity index (χ1) is 23.1. The third kappa shape index (κ3) is 5.93. The van der Waals surface area contributed by atoms with E-state index < -0.39 is 70.4 Å². The number of hydrogen-bond acceptors (Lipinski definition) is 12. The highest BCUT2D eigenvalue weighted by Gasteiger charge is 2.69. The van der Waals surface area contributed by atoms with E-state index in [-0.39, 0.29) is 36.0 Å². The van der Waals surface area contributed by atoms with Gasteiger partial charge in [0.15, 0.2) is 34.7 Å². The predicted molar refractivity (Wildman–Crippen MR) is 175 cm³/mol. The number of ether oxygens (including phenoxy) is 2. The molecule has 0 aliphatic heterocycles. The van der Waals surface area contributed by atoms with E-state index in [1.807, 2.05) is 26.0 Å². The molecular weight excluding hydrogens is 634 g/mol. The molecule has 0 aromatic heterocycles. The number of aliphatic hydroxyl groups is 1. The normalized spacial score (nSPS) is 27.0. The van der Waals surface area contributed by atoms with E-state index in [9.17, 15) is 39.0 Å². The number of carbonyl (C=O) groups is 6. The van der Waals surface area contributed by atoms with E-state index in [1.165, 1.54) is 39.3 Å². The fourth-order valence-electron chi connectivity index (χ4n) is 8.05. The van der Waals surface area contributed by atoms with Crippen molar-refractivity contribution in [3.05, 3.63) is 47.0 Å². The second-order valence-corrected chi connectivity index (χ2v) is 13.9. The lowest BCUT2D eigenvalue weighted by atomic mass is 9.52. The average Bonchev–Trinajstić information content (AvgIpc) is 3.03. The minimum atomic E-state index is -2.80. The van der Waals surface area contributed by atoms with Crippen LogP contribution in [0.25, 0.3) is 11.1 Å². The highest BCUT2D eigenvalue weighted by molar-refractivity contribution is 6.32. The van der Waals surface area contributed by atoms with Gasteiger partial charge >= 0.3 is 5.97 Å². The lowest BCUT2D eigenvalue weighted by Crippen LogP contribution is -2.74. The molecule has 3 aliphatic carbocycles. The lowest BCUT2D eigenvalue weighted by Gasteiger charge is -2.52. The Morgan fingerprint density at radius 3 is 2.35 bits per heavy atom. The first kappa shape index (κ1) is 35.8. The van der Waals surface area contributed by atoms with E-state index in [1.54, 1.807) is 12.1 Å². The van der Waals surface area contributed by atoms with Crippen LogP contribution in [0.5, 0.6) is 11.5 Å². The Morgan fingerprint density at radius 2 is 1.76 bits per heavy atom. The number of nitrogens with one attached hydrogen (secondary N) is 1. The number of hydrogen-bond donors (Lipinski definition) is 4. The highest BCUT2D eigenvalue weighted by atomic mass is 16.5. The first-order valence-electron chi connectivity index (χ1n) is 16.3. The number of Topliss-reactive ketones (excluding diaryl/α,β-unsaturated/α-hetero) is 4. The molecule has 13 heteroatoms. The van der Waals surface area contributed by atoms with Gasteiger partial charge in [-0.3, -0.25) is 33.7 Å². The minimum Gasteiger partial charge on any atom is -0.507 e. The topological polar surface area (TPSA) is 203 Å². The van der Waals surface area contributed by atoms with E-state index in [4.69, 9.17) is 15.2 Å². The second-order valence-electron chi connectivity index (χ2n) is 13.9. The van der Waals surface area contributed by atoms with Gasteiger partial charge in [0.25, 0.3) is 0 Å². The zero-order valence-corrected chi connectivity index (χ0v) is 28.4. The molecule has 13 nitrogen and oxygen atoms in total. The molecule has 7 atom stereocenters. The summed E-state index contributed by atoms with van der Waals surface area (Å²) < 4.78 is 10.7. The van der Waals surface area contributed by atoms with Crippen molar-refractivity contribution in [2.45, 2.75) is 57.3 Å². The molecule has 2 aromatic rings. The van der Waals surface area contributed by atoms with E-state index in [0.717, 1.165) is 5.56 Å². The second kappa shape index (κ2) is 13.4. The van der Waals surface area contributed by atoms with Crippen molar-refractivity contribution in [3.8, 4) is 22.6 Å². The third-order valence-corrected chi connectivity index (χ3v) is 10.2. The van der Waals surface area contributed by atoms with Crippen molar-refractivity contribution in [3.63, 3.8) is 0 Å². The monoisotopic (exact) mass is 677 g/mol. The fourth-order valence-corrected chi connectivity index (χ4v) is 8.05. The van der Waals surface area contributed by atoms with Crippen LogP contribution in [0, 0.1) is 29.6 Å². The van der Waals surface area contributed by atoms with Crippen LogP contribution in [0.1, 0.15) is 48.2 Å². The Hall–Kier alpha value is -4.46. The Morgan fingerprint density at radius 1 is 1.06 bits per heavy atom. The van der Waals surface area contributed by atoms with Crippen molar-refractivity contribution in [2.75, 3.05) is 28.3 Å². The van der Waals surface area contributed by atoms with Crippen LogP contribution in [0.3, 0.4) is 0 Å². The summed E-state index contributed by atoms with van der Waals surface area (Å²) in [5.41, 5.74) is 4.89. The van der Waals surface area contributed by atoms with Gasteiger partial charge in [-0.05, 0) is 80.1 Å². The third-order valence-electron chi connectivity index (χ3n) is 10.2. The van der Waals surface area contributed by atoms with Crippen molar-refractivity contribution in [1.29, 1.82) is 0 Å². The molecule has 0 saturated heterocycles. The summed E-state index contributed by atoms with van der Waals surface area (Å²) >= 11 is 0. The summed E-state index contributed by atoms with van der Waals surface area (Å²) in [5, 5.41) is 26.1. The van der Waals surface area contributed by atoms with E-state index >= 15 is 0 Å². The number of methoxy groups -OCH3 is 2. The highest BCUT2D eigenvalue weighted by Crippen LogP contribution is 2.52. The van der Waals surface area contributed by atoms with Crippen LogP contribution < -0.4 is 15.8 Å². The molecule has 0 radical (unpaired) electrons. The van der Waals surface area contributed by atoms with Crippen molar-refractivity contribution in [2.24, 2.45) is 35.3 Å². The first-order valence-corrected chi connectivity index (χ1v) is 16.3. The average molecular weight is 678 g/mol.